The molecule has 3 saturated carbocycles. The van der Waals surface area contributed by atoms with Crippen molar-refractivity contribution in [2.75, 3.05) is 6.54 Å². The van der Waals surface area contributed by atoms with Gasteiger partial charge in [-0.2, -0.15) is 0 Å². The predicted octanol–water partition coefficient (Wildman–Crippen LogP) is 4.46. The van der Waals surface area contributed by atoms with E-state index in [2.05, 4.69) is 12.1 Å². The Morgan fingerprint density at radius 2 is 1.80 bits per heavy atom. The molecule has 3 fully saturated rings. The Kier molecular flexibility index (Phi) is 3.18. The van der Waals surface area contributed by atoms with Gasteiger partial charge in [0.1, 0.15) is 11.4 Å². The summed E-state index contributed by atoms with van der Waals surface area (Å²) in [7, 11) is 0. The van der Waals surface area contributed by atoms with Crippen molar-refractivity contribution < 1.29 is 13.9 Å². The summed E-state index contributed by atoms with van der Waals surface area (Å²) < 4.78 is 19.3. The van der Waals surface area contributed by atoms with Crippen molar-refractivity contribution in [1.29, 1.82) is 0 Å². The molecule has 0 unspecified atom stereocenters. The lowest BCUT2D eigenvalue weighted by Crippen LogP contribution is -2.62. The molecule has 2 aromatic carbocycles. The molecule has 6 rings (SSSR count). The maximum Gasteiger partial charge on any atom is 0.411 e. The molecule has 1 atom stereocenters. The third kappa shape index (κ3) is 2.35. The summed E-state index contributed by atoms with van der Waals surface area (Å²) >= 11 is 0. The summed E-state index contributed by atoms with van der Waals surface area (Å²) in [6.07, 6.45) is 3.64. The minimum absolute atomic E-state index is 0.188. The molecule has 0 aromatic heterocycles. The van der Waals surface area contributed by atoms with Gasteiger partial charge in [0.15, 0.2) is 0 Å². The Morgan fingerprint density at radius 3 is 2.48 bits per heavy atom. The highest BCUT2D eigenvalue weighted by molar-refractivity contribution is 5.71. The van der Waals surface area contributed by atoms with E-state index in [4.69, 9.17) is 4.74 Å². The summed E-state index contributed by atoms with van der Waals surface area (Å²) in [5.74, 6) is 0.499. The van der Waals surface area contributed by atoms with Crippen molar-refractivity contribution in [2.45, 2.75) is 37.3 Å². The maximum atomic E-state index is 13.4. The largest absolute Gasteiger partial charge is 0.443 e. The molecule has 1 heterocycles. The number of carbonyl (C=O) groups is 1. The van der Waals surface area contributed by atoms with Crippen LogP contribution in [-0.2, 0) is 11.2 Å². The first kappa shape index (κ1) is 14.9. The van der Waals surface area contributed by atoms with Gasteiger partial charge < -0.3 is 4.74 Å². The van der Waals surface area contributed by atoms with Gasteiger partial charge in [-0.05, 0) is 60.4 Å². The standard InChI is InChI=1S/C21H20FNO2/c22-17-7-5-16(6-8-17)19-18-4-2-1-3-15(18)9-10-23(19)20(24)25-21-11-14(12-21)13-21/h1-8,14,19H,9-13H2/t14?,19-,21?/m0/s1. The molecule has 1 amide bonds. The molecule has 25 heavy (non-hydrogen) atoms. The van der Waals surface area contributed by atoms with E-state index >= 15 is 0 Å². The van der Waals surface area contributed by atoms with Crippen molar-refractivity contribution in [3.05, 3.63) is 71.0 Å². The van der Waals surface area contributed by atoms with Crippen LogP contribution in [0.15, 0.2) is 48.5 Å². The number of ether oxygens (including phenoxy) is 1. The Morgan fingerprint density at radius 1 is 1.08 bits per heavy atom. The lowest BCUT2D eigenvalue weighted by Gasteiger charge is -2.60. The average Bonchev–Trinajstić information content (AvgIpc) is 2.56. The first-order valence-electron chi connectivity index (χ1n) is 8.96. The zero-order valence-corrected chi connectivity index (χ0v) is 14.0. The van der Waals surface area contributed by atoms with E-state index in [1.807, 2.05) is 17.0 Å². The molecule has 3 nitrogen and oxygen atoms in total. The summed E-state index contributed by atoms with van der Waals surface area (Å²) in [5.41, 5.74) is 3.08. The van der Waals surface area contributed by atoms with E-state index in [9.17, 15) is 9.18 Å². The summed E-state index contributed by atoms with van der Waals surface area (Å²) in [6.45, 7) is 0.622. The molecular formula is C21H20FNO2. The highest BCUT2D eigenvalue weighted by Gasteiger charge is 2.60. The number of halogens is 1. The SMILES string of the molecule is O=C(OC12CC(C1)C2)N1CCc2ccccc2[C@@H]1c1ccc(F)cc1. The van der Waals surface area contributed by atoms with Crippen LogP contribution in [0.3, 0.4) is 0 Å². The van der Waals surface area contributed by atoms with E-state index in [0.29, 0.717) is 6.54 Å². The van der Waals surface area contributed by atoms with E-state index in [1.54, 1.807) is 12.1 Å². The molecule has 2 aromatic rings. The van der Waals surface area contributed by atoms with Gasteiger partial charge in [0, 0.05) is 6.54 Å². The normalized spacial score (nSPS) is 29.2. The van der Waals surface area contributed by atoms with Crippen molar-refractivity contribution in [2.24, 2.45) is 5.92 Å². The van der Waals surface area contributed by atoms with Crippen LogP contribution in [0.5, 0.6) is 0 Å². The van der Waals surface area contributed by atoms with Gasteiger partial charge in [-0.15, -0.1) is 0 Å². The van der Waals surface area contributed by atoms with Crippen molar-refractivity contribution in [3.8, 4) is 0 Å². The third-order valence-electron chi connectivity index (χ3n) is 5.99. The van der Waals surface area contributed by atoms with Gasteiger partial charge in [-0.3, -0.25) is 4.90 Å². The fourth-order valence-electron chi connectivity index (χ4n) is 4.54. The van der Waals surface area contributed by atoms with E-state index in [-0.39, 0.29) is 23.6 Å². The van der Waals surface area contributed by atoms with Gasteiger partial charge in [0.2, 0.25) is 0 Å². The van der Waals surface area contributed by atoms with Crippen molar-refractivity contribution >= 4 is 6.09 Å². The number of hydrogen-bond donors (Lipinski definition) is 0. The monoisotopic (exact) mass is 337 g/mol. The molecular weight excluding hydrogens is 317 g/mol. The molecule has 1 aliphatic heterocycles. The summed E-state index contributed by atoms with van der Waals surface area (Å²) in [5, 5.41) is 0. The summed E-state index contributed by atoms with van der Waals surface area (Å²) in [6, 6.07) is 14.4. The maximum absolute atomic E-state index is 13.4. The zero-order valence-electron chi connectivity index (χ0n) is 14.0. The first-order chi connectivity index (χ1) is 12.1. The van der Waals surface area contributed by atoms with Gasteiger partial charge in [-0.1, -0.05) is 36.4 Å². The Bertz CT molecular complexity index is 815. The van der Waals surface area contributed by atoms with Gasteiger partial charge in [0.25, 0.3) is 0 Å². The number of fused-ring (bicyclic) bond motifs is 1. The van der Waals surface area contributed by atoms with Crippen LogP contribution < -0.4 is 0 Å². The molecule has 0 spiro atoms. The van der Waals surface area contributed by atoms with Crippen LogP contribution in [0, 0.1) is 11.7 Å². The third-order valence-corrected chi connectivity index (χ3v) is 5.99. The molecule has 2 bridgehead atoms. The second kappa shape index (κ2) is 5.32. The molecule has 0 N–H and O–H groups in total. The lowest BCUT2D eigenvalue weighted by molar-refractivity contribution is -0.195. The number of hydrogen-bond acceptors (Lipinski definition) is 2. The quantitative estimate of drug-likeness (QED) is 0.809. The lowest BCUT2D eigenvalue weighted by atomic mass is 9.52. The molecule has 4 aliphatic rings. The van der Waals surface area contributed by atoms with Crippen molar-refractivity contribution in [3.63, 3.8) is 0 Å². The highest BCUT2D eigenvalue weighted by Crippen LogP contribution is 2.59. The number of nitrogens with zero attached hydrogens (tertiary/aromatic N) is 1. The first-order valence-corrected chi connectivity index (χ1v) is 8.96. The van der Waals surface area contributed by atoms with Crippen LogP contribution in [0.1, 0.15) is 42.0 Å². The minimum Gasteiger partial charge on any atom is -0.443 e. The smallest absolute Gasteiger partial charge is 0.411 e. The topological polar surface area (TPSA) is 29.5 Å². The number of carbonyl (C=O) groups excluding carboxylic acids is 1. The highest BCUT2D eigenvalue weighted by atomic mass is 19.1. The second-order valence-corrected chi connectivity index (χ2v) is 7.63. The predicted molar refractivity (Wildman–Crippen MR) is 91.6 cm³/mol. The average molecular weight is 337 g/mol. The van der Waals surface area contributed by atoms with Crippen molar-refractivity contribution in [1.82, 2.24) is 4.90 Å². The molecule has 128 valence electrons. The fourth-order valence-corrected chi connectivity index (χ4v) is 4.54. The van der Waals surface area contributed by atoms with Crippen LogP contribution in [0.4, 0.5) is 9.18 Å². The van der Waals surface area contributed by atoms with Crippen LogP contribution in [0.25, 0.3) is 0 Å². The Hall–Kier alpha value is -2.36. The zero-order chi connectivity index (χ0) is 17.0. The van der Waals surface area contributed by atoms with Gasteiger partial charge >= 0.3 is 6.09 Å². The van der Waals surface area contributed by atoms with Crippen LogP contribution in [0.2, 0.25) is 0 Å². The van der Waals surface area contributed by atoms with E-state index in [0.717, 1.165) is 42.7 Å². The van der Waals surface area contributed by atoms with Crippen LogP contribution >= 0.6 is 0 Å². The number of benzene rings is 2. The van der Waals surface area contributed by atoms with Gasteiger partial charge in [0.05, 0.1) is 6.04 Å². The Labute approximate surface area is 146 Å². The molecule has 0 saturated heterocycles. The van der Waals surface area contributed by atoms with Gasteiger partial charge in [-0.25, -0.2) is 9.18 Å². The molecule has 0 radical (unpaired) electrons. The van der Waals surface area contributed by atoms with E-state index in [1.165, 1.54) is 17.7 Å². The Balaban J connectivity index is 1.50. The molecule has 4 heteroatoms. The fraction of sp³-hybridized carbons (Fsp3) is 0.381. The number of rotatable bonds is 2. The second-order valence-electron chi connectivity index (χ2n) is 7.63. The van der Waals surface area contributed by atoms with Crippen LogP contribution in [-0.4, -0.2) is 23.1 Å². The minimum atomic E-state index is -0.268. The molecule has 3 aliphatic carbocycles. The summed E-state index contributed by atoms with van der Waals surface area (Å²) in [4.78, 5) is 14.7. The van der Waals surface area contributed by atoms with E-state index < -0.39 is 0 Å². The number of amides is 1.